The quantitative estimate of drug-likeness (QED) is 0.381. The first kappa shape index (κ1) is 21.2. The van der Waals surface area contributed by atoms with Crippen molar-refractivity contribution in [3.8, 4) is 0 Å². The van der Waals surface area contributed by atoms with Crippen LogP contribution in [-0.4, -0.2) is 60.3 Å². The standard InChI is InChI=1S/C6H8O7.CH2O3.ClH/c7-3(8)1-6(13,5(11)12)2-4(9)10;2-1(3)4;/h13H,1-2H2,(H,7,8)(H,9,10)(H,11,12);(H2,2,3,4);1H. The zero-order valence-electron chi connectivity index (χ0n) is 8.64. The van der Waals surface area contributed by atoms with Crippen LogP contribution < -0.4 is 0 Å². The SMILES string of the molecule is Cl.O=C(O)CC(O)(CC(=O)O)C(=O)O.O=C(O)O. The number of carbonyl (C=O) groups is 4. The van der Waals surface area contributed by atoms with Crippen molar-refractivity contribution in [2.75, 3.05) is 0 Å². The van der Waals surface area contributed by atoms with Crippen molar-refractivity contribution in [3.63, 3.8) is 0 Å². The molecule has 0 amide bonds. The van der Waals surface area contributed by atoms with E-state index in [0.29, 0.717) is 0 Å². The first-order chi connectivity index (χ1) is 7.51. The number of halogens is 1. The molecule has 6 N–H and O–H groups in total. The van der Waals surface area contributed by atoms with Crippen molar-refractivity contribution in [1.82, 2.24) is 0 Å². The number of rotatable bonds is 5. The maximum atomic E-state index is 10.3. The molecule has 0 heterocycles. The average Bonchev–Trinajstić information content (AvgIpc) is 1.98. The lowest BCUT2D eigenvalue weighted by molar-refractivity contribution is -0.170. The van der Waals surface area contributed by atoms with E-state index in [1.807, 2.05) is 0 Å². The Kier molecular flexibility index (Phi) is 10.6. The summed E-state index contributed by atoms with van der Waals surface area (Å²) in [5, 5.41) is 47.8. The van der Waals surface area contributed by atoms with Gasteiger partial charge in [0.15, 0.2) is 5.60 Å². The second-order valence-corrected chi connectivity index (χ2v) is 2.76. The van der Waals surface area contributed by atoms with Crippen LogP contribution in [0.25, 0.3) is 0 Å². The van der Waals surface area contributed by atoms with Gasteiger partial charge in [-0.1, -0.05) is 0 Å². The van der Waals surface area contributed by atoms with Crippen LogP contribution in [0, 0.1) is 0 Å². The van der Waals surface area contributed by atoms with Crippen molar-refractivity contribution in [2.24, 2.45) is 0 Å². The second-order valence-electron chi connectivity index (χ2n) is 2.76. The van der Waals surface area contributed by atoms with Crippen LogP contribution >= 0.6 is 12.4 Å². The highest BCUT2D eigenvalue weighted by Gasteiger charge is 2.40. The lowest BCUT2D eigenvalue weighted by Gasteiger charge is -2.18. The number of aliphatic hydroxyl groups is 1. The number of hydrogen-bond acceptors (Lipinski definition) is 5. The molecule has 0 aliphatic carbocycles. The normalized spacial score (nSPS) is 9.17. The summed E-state index contributed by atoms with van der Waals surface area (Å²) in [7, 11) is 0. The number of carboxylic acid groups (broad SMARTS) is 5. The second kappa shape index (κ2) is 9.01. The molecular weight excluding hydrogens is 280 g/mol. The molecule has 0 radical (unpaired) electrons. The van der Waals surface area contributed by atoms with Crippen molar-refractivity contribution < 1.29 is 49.8 Å². The molecule has 0 bridgehead atoms. The van der Waals surface area contributed by atoms with E-state index in [2.05, 4.69) is 0 Å². The Morgan fingerprint density at radius 2 is 1.00 bits per heavy atom. The Balaban J connectivity index is -0.000000392. The minimum atomic E-state index is -2.74. The molecule has 0 rings (SSSR count). The summed E-state index contributed by atoms with van der Waals surface area (Å²) in [5.41, 5.74) is -2.74. The molecule has 0 spiro atoms. The van der Waals surface area contributed by atoms with Crippen LogP contribution in [-0.2, 0) is 14.4 Å². The summed E-state index contributed by atoms with van der Waals surface area (Å²) in [6.45, 7) is 0. The Bertz CT molecular complexity index is 304. The van der Waals surface area contributed by atoms with Gasteiger partial charge in [-0.2, -0.15) is 0 Å². The topological polar surface area (TPSA) is 190 Å². The summed E-state index contributed by atoms with van der Waals surface area (Å²) in [6, 6.07) is 0. The van der Waals surface area contributed by atoms with Gasteiger partial charge in [0.25, 0.3) is 0 Å². The lowest BCUT2D eigenvalue weighted by atomic mass is 9.96. The van der Waals surface area contributed by atoms with Crippen LogP contribution in [0.15, 0.2) is 0 Å². The van der Waals surface area contributed by atoms with Crippen molar-refractivity contribution in [3.05, 3.63) is 0 Å². The van der Waals surface area contributed by atoms with E-state index in [1.165, 1.54) is 0 Å². The number of hydrogen-bond donors (Lipinski definition) is 6. The van der Waals surface area contributed by atoms with Crippen LogP contribution in [0.4, 0.5) is 4.79 Å². The molecule has 0 aromatic carbocycles. The van der Waals surface area contributed by atoms with Crippen LogP contribution in [0.5, 0.6) is 0 Å². The van der Waals surface area contributed by atoms with Crippen LogP contribution in [0.3, 0.4) is 0 Å². The maximum Gasteiger partial charge on any atom is 0.503 e. The van der Waals surface area contributed by atoms with Gasteiger partial charge in [-0.05, 0) is 0 Å². The average molecular weight is 291 g/mol. The zero-order valence-corrected chi connectivity index (χ0v) is 9.46. The molecule has 106 valence electrons. The van der Waals surface area contributed by atoms with Crippen LogP contribution in [0.1, 0.15) is 12.8 Å². The van der Waals surface area contributed by atoms with Gasteiger partial charge in [-0.25, -0.2) is 9.59 Å². The molecule has 0 aliphatic rings. The molecule has 0 aliphatic heterocycles. The van der Waals surface area contributed by atoms with Gasteiger partial charge < -0.3 is 30.6 Å². The highest BCUT2D eigenvalue weighted by molar-refractivity contribution is 5.88. The molecule has 0 saturated heterocycles. The van der Waals surface area contributed by atoms with Crippen molar-refractivity contribution in [1.29, 1.82) is 0 Å². The largest absolute Gasteiger partial charge is 0.503 e. The molecule has 0 atom stereocenters. The molecule has 18 heavy (non-hydrogen) atoms. The van der Waals surface area contributed by atoms with Crippen LogP contribution in [0.2, 0.25) is 0 Å². The molecule has 0 saturated carbocycles. The predicted molar refractivity (Wildman–Crippen MR) is 55.0 cm³/mol. The zero-order chi connectivity index (χ0) is 14.2. The van der Waals surface area contributed by atoms with Gasteiger partial charge in [-0.15, -0.1) is 12.4 Å². The van der Waals surface area contributed by atoms with Gasteiger partial charge in [-0.3, -0.25) is 9.59 Å². The van der Waals surface area contributed by atoms with Gasteiger partial charge in [0.1, 0.15) is 0 Å². The fraction of sp³-hybridized carbons (Fsp3) is 0.429. The molecule has 0 aromatic rings. The van der Waals surface area contributed by atoms with Crippen molar-refractivity contribution >= 4 is 36.5 Å². The Labute approximate surface area is 105 Å². The predicted octanol–water partition coefficient (Wildman–Crippen LogP) is -0.604. The fourth-order valence-corrected chi connectivity index (χ4v) is 0.714. The van der Waals surface area contributed by atoms with E-state index in [1.54, 1.807) is 0 Å². The minimum absolute atomic E-state index is 0. The molecule has 0 aromatic heterocycles. The summed E-state index contributed by atoms with van der Waals surface area (Å²) < 4.78 is 0. The maximum absolute atomic E-state index is 10.3. The van der Waals surface area contributed by atoms with E-state index in [0.717, 1.165) is 0 Å². The molecule has 10 nitrogen and oxygen atoms in total. The monoisotopic (exact) mass is 290 g/mol. The van der Waals surface area contributed by atoms with E-state index in [4.69, 9.17) is 35.4 Å². The summed E-state index contributed by atoms with van der Waals surface area (Å²) in [6.07, 6.45) is -4.12. The highest BCUT2D eigenvalue weighted by atomic mass is 35.5. The minimum Gasteiger partial charge on any atom is -0.481 e. The first-order valence-corrected chi connectivity index (χ1v) is 3.82. The number of aliphatic carboxylic acids is 3. The Hall–Kier alpha value is -2.07. The molecule has 11 heteroatoms. The first-order valence-electron chi connectivity index (χ1n) is 3.82. The third-order valence-corrected chi connectivity index (χ3v) is 1.29. The van der Waals surface area contributed by atoms with E-state index in [-0.39, 0.29) is 12.4 Å². The van der Waals surface area contributed by atoms with E-state index < -0.39 is 42.5 Å². The van der Waals surface area contributed by atoms with Gasteiger partial charge in [0.05, 0.1) is 12.8 Å². The third-order valence-electron chi connectivity index (χ3n) is 1.29. The van der Waals surface area contributed by atoms with Gasteiger partial charge >= 0.3 is 24.1 Å². The summed E-state index contributed by atoms with van der Waals surface area (Å²) in [4.78, 5) is 39.0. The van der Waals surface area contributed by atoms with Gasteiger partial charge in [0, 0.05) is 0 Å². The number of carboxylic acids is 3. The Morgan fingerprint density at radius 1 is 0.778 bits per heavy atom. The molecule has 0 fully saturated rings. The molecule has 0 unspecified atom stereocenters. The third kappa shape index (κ3) is 12.0. The lowest BCUT2D eigenvalue weighted by Crippen LogP contribution is -2.42. The van der Waals surface area contributed by atoms with E-state index in [9.17, 15) is 14.4 Å². The van der Waals surface area contributed by atoms with Gasteiger partial charge in [0.2, 0.25) is 0 Å². The van der Waals surface area contributed by atoms with Crippen molar-refractivity contribution in [2.45, 2.75) is 18.4 Å². The fourth-order valence-electron chi connectivity index (χ4n) is 0.714. The molecular formula is C7H11ClO10. The Morgan fingerprint density at radius 3 is 1.11 bits per heavy atom. The highest BCUT2D eigenvalue weighted by Crippen LogP contribution is 2.15. The smallest absolute Gasteiger partial charge is 0.481 e. The summed E-state index contributed by atoms with van der Waals surface area (Å²) in [5.74, 6) is -5.02. The van der Waals surface area contributed by atoms with E-state index >= 15 is 0 Å². The summed E-state index contributed by atoms with van der Waals surface area (Å²) >= 11 is 0.